The van der Waals surface area contributed by atoms with Crippen molar-refractivity contribution in [3.05, 3.63) is 60.2 Å². The van der Waals surface area contributed by atoms with Gasteiger partial charge >= 0.3 is 17.1 Å². The molecule has 0 heterocycles. The fraction of sp³-hybridized carbons (Fsp3) is 0.333. The molecule has 0 N–H and O–H groups in total. The minimum absolute atomic E-state index is 0. The summed E-state index contributed by atoms with van der Waals surface area (Å²) in [6.45, 7) is 6.79. The molecule has 0 atom stereocenters. The van der Waals surface area contributed by atoms with Crippen molar-refractivity contribution in [3.63, 3.8) is 0 Å². The van der Waals surface area contributed by atoms with Gasteiger partial charge in [-0.1, -0.05) is 27.2 Å². The third-order valence-corrected chi connectivity index (χ3v) is 2.02. The van der Waals surface area contributed by atoms with Crippen LogP contribution in [-0.2, 0) is 23.5 Å². The van der Waals surface area contributed by atoms with E-state index in [1.807, 2.05) is 30.3 Å². The molecule has 0 bridgehead atoms. The summed E-state index contributed by atoms with van der Waals surface area (Å²) in [5.74, 6) is 0. The average molecular weight is 256 g/mol. The Kier molecular flexibility index (Phi) is 7.12. The van der Waals surface area contributed by atoms with Gasteiger partial charge in [0.25, 0.3) is 0 Å². The first kappa shape index (κ1) is 15.2. The van der Waals surface area contributed by atoms with Gasteiger partial charge in [0, 0.05) is 0 Å². The van der Waals surface area contributed by atoms with E-state index < -0.39 is 0 Å². The molecule has 0 nitrogen and oxygen atoms in total. The maximum Gasteiger partial charge on any atom is 2.00 e. The van der Waals surface area contributed by atoms with E-state index in [0.29, 0.717) is 5.41 Å². The van der Waals surface area contributed by atoms with E-state index in [1.165, 1.54) is 12.0 Å². The Labute approximate surface area is 110 Å². The van der Waals surface area contributed by atoms with Crippen LogP contribution in [0.2, 0.25) is 0 Å². The molecule has 0 saturated heterocycles. The molecule has 2 aromatic rings. The molecule has 0 saturated carbocycles. The van der Waals surface area contributed by atoms with Crippen molar-refractivity contribution in [3.8, 4) is 0 Å². The van der Waals surface area contributed by atoms with Gasteiger partial charge in [-0.3, -0.25) is 0 Å². The van der Waals surface area contributed by atoms with Crippen LogP contribution >= 0.6 is 0 Å². The minimum Gasteiger partial charge on any atom is -0.214 e. The summed E-state index contributed by atoms with van der Waals surface area (Å²) < 4.78 is 0. The molecular weight excluding hydrogens is 236 g/mol. The molecular formula is C15H20Fe. The second kappa shape index (κ2) is 7.49. The van der Waals surface area contributed by atoms with Gasteiger partial charge in [-0.2, -0.15) is 35.9 Å². The van der Waals surface area contributed by atoms with Gasteiger partial charge < -0.3 is 0 Å². The fourth-order valence-corrected chi connectivity index (χ4v) is 1.46. The zero-order valence-corrected chi connectivity index (χ0v) is 11.4. The normalized spacial score (nSPS) is 9.94. The number of hydrogen-bond donors (Lipinski definition) is 0. The second-order valence-electron chi connectivity index (χ2n) is 4.99. The van der Waals surface area contributed by atoms with Crippen LogP contribution in [0.3, 0.4) is 0 Å². The minimum atomic E-state index is 0. The van der Waals surface area contributed by atoms with Crippen molar-refractivity contribution < 1.29 is 17.1 Å². The molecule has 0 aromatic heterocycles. The maximum absolute atomic E-state index is 2.26. The molecule has 2 aromatic carbocycles. The van der Waals surface area contributed by atoms with Gasteiger partial charge in [-0.15, -0.1) is 0 Å². The van der Waals surface area contributed by atoms with Crippen LogP contribution in [0.25, 0.3) is 0 Å². The molecule has 0 aliphatic rings. The Morgan fingerprint density at radius 3 is 1.75 bits per heavy atom. The Hall–Kier alpha value is -0.781. The van der Waals surface area contributed by atoms with Crippen molar-refractivity contribution in [2.45, 2.75) is 27.2 Å². The van der Waals surface area contributed by atoms with Gasteiger partial charge in [0.05, 0.1) is 0 Å². The van der Waals surface area contributed by atoms with Gasteiger partial charge in [0.2, 0.25) is 0 Å². The molecule has 0 aliphatic carbocycles. The molecule has 1 heteroatoms. The fourth-order valence-electron chi connectivity index (χ4n) is 1.46. The molecule has 0 fully saturated rings. The topological polar surface area (TPSA) is 0 Å². The van der Waals surface area contributed by atoms with Gasteiger partial charge in [0.1, 0.15) is 0 Å². The van der Waals surface area contributed by atoms with Crippen molar-refractivity contribution in [1.29, 1.82) is 0 Å². The molecule has 2 rings (SSSR count). The van der Waals surface area contributed by atoms with Crippen LogP contribution in [0.5, 0.6) is 0 Å². The number of rotatable bonds is 1. The summed E-state index contributed by atoms with van der Waals surface area (Å²) in [5, 5.41) is 0. The molecule has 16 heavy (non-hydrogen) atoms. The van der Waals surface area contributed by atoms with Crippen LogP contribution < -0.4 is 0 Å². The van der Waals surface area contributed by atoms with Crippen molar-refractivity contribution in [1.82, 2.24) is 0 Å². The predicted octanol–water partition coefficient (Wildman–Crippen LogP) is 4.40. The molecule has 0 aliphatic heterocycles. The first-order chi connectivity index (χ1) is 7.08. The molecule has 0 spiro atoms. The summed E-state index contributed by atoms with van der Waals surface area (Å²) in [7, 11) is 0. The zero-order valence-electron chi connectivity index (χ0n) is 10.3. The average Bonchev–Trinajstić information content (AvgIpc) is 2.71. The van der Waals surface area contributed by atoms with E-state index in [1.54, 1.807) is 0 Å². The van der Waals surface area contributed by atoms with Crippen molar-refractivity contribution >= 4 is 0 Å². The largest absolute Gasteiger partial charge is 2.00 e. The molecule has 0 radical (unpaired) electrons. The third-order valence-electron chi connectivity index (χ3n) is 2.02. The summed E-state index contributed by atoms with van der Waals surface area (Å²) in [5.41, 5.74) is 1.88. The van der Waals surface area contributed by atoms with E-state index >= 15 is 0 Å². The molecule has 0 amide bonds. The SMILES string of the molecule is CC(C)(C)C[c-]1cccc1.[Fe+2].c1cc[cH-]c1. The van der Waals surface area contributed by atoms with Gasteiger partial charge in [-0.05, 0) is 5.41 Å². The maximum atomic E-state index is 2.26. The summed E-state index contributed by atoms with van der Waals surface area (Å²) in [6.07, 6.45) is 1.18. The first-order valence-corrected chi connectivity index (χ1v) is 5.45. The Balaban J connectivity index is 0.000000318. The van der Waals surface area contributed by atoms with Crippen molar-refractivity contribution in [2.24, 2.45) is 5.41 Å². The van der Waals surface area contributed by atoms with Crippen molar-refractivity contribution in [2.75, 3.05) is 0 Å². The molecule has 88 valence electrons. The third kappa shape index (κ3) is 7.50. The van der Waals surface area contributed by atoms with Crippen LogP contribution in [0.15, 0.2) is 54.6 Å². The second-order valence-corrected chi connectivity index (χ2v) is 4.99. The monoisotopic (exact) mass is 256 g/mol. The molecule has 0 unspecified atom stereocenters. The Bertz CT molecular complexity index is 305. The van der Waals surface area contributed by atoms with Crippen LogP contribution in [-0.4, -0.2) is 0 Å². The summed E-state index contributed by atoms with van der Waals surface area (Å²) in [6, 6.07) is 18.6. The smallest absolute Gasteiger partial charge is 0.214 e. The van der Waals surface area contributed by atoms with Gasteiger partial charge in [-0.25, -0.2) is 24.3 Å². The van der Waals surface area contributed by atoms with E-state index in [4.69, 9.17) is 0 Å². The predicted molar refractivity (Wildman–Crippen MR) is 67.2 cm³/mol. The summed E-state index contributed by atoms with van der Waals surface area (Å²) >= 11 is 0. The van der Waals surface area contributed by atoms with E-state index in [9.17, 15) is 0 Å². The van der Waals surface area contributed by atoms with Gasteiger partial charge in [0.15, 0.2) is 0 Å². The zero-order chi connectivity index (χ0) is 11.1. The Morgan fingerprint density at radius 2 is 1.44 bits per heavy atom. The Morgan fingerprint density at radius 1 is 0.938 bits per heavy atom. The summed E-state index contributed by atoms with van der Waals surface area (Å²) in [4.78, 5) is 0. The van der Waals surface area contributed by atoms with Crippen LogP contribution in [0.1, 0.15) is 26.3 Å². The van der Waals surface area contributed by atoms with Crippen LogP contribution in [0.4, 0.5) is 0 Å². The van der Waals surface area contributed by atoms with E-state index in [0.717, 1.165) is 0 Å². The standard InChI is InChI=1S/C10H15.C5H5.Fe/c1-10(2,3)8-9-6-4-5-7-9;1-2-4-5-3-1;/h4-7H,8H2,1-3H3;1-5H;/q2*-1;+2. The van der Waals surface area contributed by atoms with Crippen LogP contribution in [0, 0.1) is 5.41 Å². The number of hydrogen-bond acceptors (Lipinski definition) is 0. The quantitative estimate of drug-likeness (QED) is 0.524. The first-order valence-electron chi connectivity index (χ1n) is 5.45. The van der Waals surface area contributed by atoms with E-state index in [-0.39, 0.29) is 17.1 Å². The van der Waals surface area contributed by atoms with E-state index in [2.05, 4.69) is 45.0 Å².